The van der Waals surface area contributed by atoms with E-state index < -0.39 is 6.10 Å². The first-order chi connectivity index (χ1) is 8.24. The summed E-state index contributed by atoms with van der Waals surface area (Å²) < 4.78 is 6.82. The SMILES string of the molecule is O[C@@H]1CC(c2cscn2)Oc2ccc(Br)cc21. The summed E-state index contributed by atoms with van der Waals surface area (Å²) in [6.45, 7) is 0. The lowest BCUT2D eigenvalue weighted by atomic mass is 9.98. The zero-order valence-electron chi connectivity index (χ0n) is 8.84. The Balaban J connectivity index is 1.96. The Morgan fingerprint density at radius 2 is 2.35 bits per heavy atom. The molecular formula is C12H10BrNO2S. The highest BCUT2D eigenvalue weighted by Gasteiger charge is 2.29. The molecule has 88 valence electrons. The molecule has 1 aromatic carbocycles. The molecule has 0 radical (unpaired) electrons. The van der Waals surface area contributed by atoms with E-state index in [-0.39, 0.29) is 6.10 Å². The van der Waals surface area contributed by atoms with Gasteiger partial charge >= 0.3 is 0 Å². The van der Waals surface area contributed by atoms with Gasteiger partial charge in [-0.25, -0.2) is 4.98 Å². The van der Waals surface area contributed by atoms with Crippen molar-refractivity contribution in [2.45, 2.75) is 18.6 Å². The van der Waals surface area contributed by atoms with Gasteiger partial charge in [-0.3, -0.25) is 0 Å². The summed E-state index contributed by atoms with van der Waals surface area (Å²) in [6, 6.07) is 5.69. The number of rotatable bonds is 1. The van der Waals surface area contributed by atoms with Gasteiger partial charge in [0.1, 0.15) is 11.9 Å². The molecule has 2 heterocycles. The van der Waals surface area contributed by atoms with Crippen molar-refractivity contribution in [1.29, 1.82) is 0 Å². The van der Waals surface area contributed by atoms with E-state index >= 15 is 0 Å². The van der Waals surface area contributed by atoms with Crippen LogP contribution in [0.4, 0.5) is 0 Å². The smallest absolute Gasteiger partial charge is 0.144 e. The Morgan fingerprint density at radius 1 is 1.47 bits per heavy atom. The minimum absolute atomic E-state index is 0.148. The number of fused-ring (bicyclic) bond motifs is 1. The number of nitrogens with zero attached hydrogens (tertiary/aromatic N) is 1. The van der Waals surface area contributed by atoms with Crippen LogP contribution in [0, 0.1) is 0 Å². The Kier molecular flexibility index (Phi) is 2.90. The normalized spacial score (nSPS) is 22.9. The molecule has 3 nitrogen and oxygen atoms in total. The van der Waals surface area contributed by atoms with E-state index in [9.17, 15) is 5.11 Å². The van der Waals surface area contributed by atoms with Crippen molar-refractivity contribution in [3.63, 3.8) is 0 Å². The first kappa shape index (κ1) is 11.2. The molecule has 0 amide bonds. The molecule has 3 rings (SSSR count). The molecule has 1 aliphatic heterocycles. The highest BCUT2D eigenvalue weighted by molar-refractivity contribution is 9.10. The number of benzene rings is 1. The van der Waals surface area contributed by atoms with E-state index in [1.54, 1.807) is 5.51 Å². The van der Waals surface area contributed by atoms with Crippen LogP contribution in [0.3, 0.4) is 0 Å². The summed E-state index contributed by atoms with van der Waals surface area (Å²) in [5, 5.41) is 12.1. The minimum Gasteiger partial charge on any atom is -0.484 e. The summed E-state index contributed by atoms with van der Waals surface area (Å²) >= 11 is 4.93. The molecule has 0 saturated carbocycles. The second-order valence-electron chi connectivity index (χ2n) is 3.95. The average molecular weight is 312 g/mol. The maximum atomic E-state index is 10.1. The molecule has 2 aromatic rings. The second kappa shape index (κ2) is 4.40. The number of hydrogen-bond acceptors (Lipinski definition) is 4. The van der Waals surface area contributed by atoms with Crippen LogP contribution >= 0.6 is 27.3 Å². The number of ether oxygens (including phenoxy) is 1. The van der Waals surface area contributed by atoms with Crippen LogP contribution in [0.1, 0.15) is 29.9 Å². The molecule has 0 spiro atoms. The van der Waals surface area contributed by atoms with Gasteiger partial charge in [-0.15, -0.1) is 11.3 Å². The van der Waals surface area contributed by atoms with Gasteiger partial charge in [0.15, 0.2) is 0 Å². The quantitative estimate of drug-likeness (QED) is 0.877. The first-order valence-electron chi connectivity index (χ1n) is 5.26. The molecule has 5 heteroatoms. The summed E-state index contributed by atoms with van der Waals surface area (Å²) in [6.07, 6.45) is -0.0967. The average Bonchev–Trinajstić information content (AvgIpc) is 2.83. The molecule has 17 heavy (non-hydrogen) atoms. The Hall–Kier alpha value is -0.910. The van der Waals surface area contributed by atoms with Gasteiger partial charge in [0.05, 0.1) is 17.3 Å². The topological polar surface area (TPSA) is 42.4 Å². The highest BCUT2D eigenvalue weighted by Crippen LogP contribution is 2.41. The summed E-state index contributed by atoms with van der Waals surface area (Å²) in [7, 11) is 0. The van der Waals surface area contributed by atoms with Crippen molar-refractivity contribution in [2.75, 3.05) is 0 Å². The van der Waals surface area contributed by atoms with E-state index in [1.165, 1.54) is 11.3 Å². The van der Waals surface area contributed by atoms with Crippen molar-refractivity contribution in [1.82, 2.24) is 4.98 Å². The van der Waals surface area contributed by atoms with Gasteiger partial charge in [-0.2, -0.15) is 0 Å². The Bertz CT molecular complexity index is 529. The van der Waals surface area contributed by atoms with Gasteiger partial charge in [-0.05, 0) is 18.2 Å². The highest BCUT2D eigenvalue weighted by atomic mass is 79.9. The van der Waals surface area contributed by atoms with Crippen molar-refractivity contribution in [3.8, 4) is 5.75 Å². The van der Waals surface area contributed by atoms with Gasteiger partial charge < -0.3 is 9.84 Å². The fraction of sp³-hybridized carbons (Fsp3) is 0.250. The van der Waals surface area contributed by atoms with Crippen LogP contribution in [0.15, 0.2) is 33.6 Å². The number of aliphatic hydroxyl groups is 1. The number of halogens is 1. The lowest BCUT2D eigenvalue weighted by Gasteiger charge is -2.28. The minimum atomic E-state index is -0.497. The monoisotopic (exact) mass is 311 g/mol. The van der Waals surface area contributed by atoms with Crippen molar-refractivity contribution in [2.24, 2.45) is 0 Å². The second-order valence-corrected chi connectivity index (χ2v) is 5.59. The Morgan fingerprint density at radius 3 is 3.12 bits per heavy atom. The van der Waals surface area contributed by atoms with Gasteiger partial charge in [0.2, 0.25) is 0 Å². The van der Waals surface area contributed by atoms with Crippen LogP contribution in [-0.2, 0) is 0 Å². The predicted octanol–water partition coefficient (Wildman–Crippen LogP) is 3.46. The number of aromatic nitrogens is 1. The fourth-order valence-corrected chi connectivity index (χ4v) is 2.95. The standard InChI is InChI=1S/C12H10BrNO2S/c13-7-1-2-11-8(3-7)10(15)4-12(16-11)9-5-17-6-14-9/h1-3,5-6,10,12,15H,4H2/t10-,12?/m1/s1. The number of thiazole rings is 1. The first-order valence-corrected chi connectivity index (χ1v) is 7.00. The van der Waals surface area contributed by atoms with Crippen molar-refractivity contribution < 1.29 is 9.84 Å². The molecule has 0 aliphatic carbocycles. The van der Waals surface area contributed by atoms with E-state index in [0.717, 1.165) is 21.5 Å². The third-order valence-electron chi connectivity index (χ3n) is 2.82. The van der Waals surface area contributed by atoms with Crippen LogP contribution in [0.5, 0.6) is 5.75 Å². The van der Waals surface area contributed by atoms with E-state index in [4.69, 9.17) is 4.74 Å². The number of aliphatic hydroxyl groups excluding tert-OH is 1. The van der Waals surface area contributed by atoms with Gasteiger partial charge in [0, 0.05) is 21.8 Å². The number of hydrogen-bond donors (Lipinski definition) is 1. The van der Waals surface area contributed by atoms with Crippen LogP contribution < -0.4 is 4.74 Å². The molecule has 1 N–H and O–H groups in total. The molecule has 0 saturated heterocycles. The summed E-state index contributed by atoms with van der Waals surface area (Å²) in [5.74, 6) is 0.741. The van der Waals surface area contributed by atoms with Crippen LogP contribution in [-0.4, -0.2) is 10.1 Å². The lowest BCUT2D eigenvalue weighted by Crippen LogP contribution is -2.19. The zero-order chi connectivity index (χ0) is 11.8. The van der Waals surface area contributed by atoms with Gasteiger partial charge in [-0.1, -0.05) is 15.9 Å². The van der Waals surface area contributed by atoms with Gasteiger partial charge in [0.25, 0.3) is 0 Å². The summed E-state index contributed by atoms with van der Waals surface area (Å²) in [5.41, 5.74) is 3.51. The molecule has 2 atom stereocenters. The van der Waals surface area contributed by atoms with E-state index in [1.807, 2.05) is 23.6 Å². The van der Waals surface area contributed by atoms with Crippen LogP contribution in [0.25, 0.3) is 0 Å². The van der Waals surface area contributed by atoms with Crippen LogP contribution in [0.2, 0.25) is 0 Å². The van der Waals surface area contributed by atoms with Crippen molar-refractivity contribution in [3.05, 3.63) is 44.8 Å². The molecule has 0 bridgehead atoms. The molecule has 0 fully saturated rings. The summed E-state index contributed by atoms with van der Waals surface area (Å²) in [4.78, 5) is 4.24. The Labute approximate surface area is 111 Å². The van der Waals surface area contributed by atoms with E-state index in [0.29, 0.717) is 6.42 Å². The lowest BCUT2D eigenvalue weighted by molar-refractivity contribution is 0.0639. The maximum Gasteiger partial charge on any atom is 0.144 e. The van der Waals surface area contributed by atoms with E-state index in [2.05, 4.69) is 20.9 Å². The molecular weight excluding hydrogens is 302 g/mol. The fourth-order valence-electron chi connectivity index (χ4n) is 1.98. The third kappa shape index (κ3) is 2.10. The maximum absolute atomic E-state index is 10.1. The zero-order valence-corrected chi connectivity index (χ0v) is 11.2. The molecule has 1 unspecified atom stereocenters. The van der Waals surface area contributed by atoms with Crippen molar-refractivity contribution >= 4 is 27.3 Å². The molecule has 1 aromatic heterocycles. The largest absolute Gasteiger partial charge is 0.484 e. The molecule has 1 aliphatic rings. The predicted molar refractivity (Wildman–Crippen MR) is 69.2 cm³/mol. The third-order valence-corrected chi connectivity index (χ3v) is 3.92.